The molecule has 7 heteroatoms. The van der Waals surface area contributed by atoms with Crippen molar-refractivity contribution in [3.05, 3.63) is 47.8 Å². The van der Waals surface area contributed by atoms with Crippen LogP contribution in [-0.2, 0) is 17.9 Å². The molecule has 0 saturated heterocycles. The van der Waals surface area contributed by atoms with Crippen molar-refractivity contribution in [2.75, 3.05) is 7.11 Å². The molecule has 0 radical (unpaired) electrons. The second-order valence-electron chi connectivity index (χ2n) is 6.79. The molecular formula is C20H25N5O2. The lowest BCUT2D eigenvalue weighted by Gasteiger charge is -2.28. The van der Waals surface area contributed by atoms with E-state index in [-0.39, 0.29) is 11.9 Å². The molecule has 3 aromatic rings. The monoisotopic (exact) mass is 367 g/mol. The largest absolute Gasteiger partial charge is 0.496 e. The van der Waals surface area contributed by atoms with Crippen molar-refractivity contribution >= 4 is 16.7 Å². The molecule has 0 fully saturated rings. The maximum Gasteiger partial charge on any atom is 0.224 e. The number of aromatic nitrogens is 4. The summed E-state index contributed by atoms with van der Waals surface area (Å²) in [5.74, 6) is 1.63. The Balaban J connectivity index is 1.81. The topological polar surface area (TPSA) is 73.1 Å². The van der Waals surface area contributed by atoms with Gasteiger partial charge in [0, 0.05) is 24.4 Å². The molecule has 0 unspecified atom stereocenters. The van der Waals surface area contributed by atoms with Gasteiger partial charge in [-0.05, 0) is 48.2 Å². The van der Waals surface area contributed by atoms with E-state index in [0.717, 1.165) is 22.1 Å². The van der Waals surface area contributed by atoms with Gasteiger partial charge in [-0.3, -0.25) is 4.79 Å². The van der Waals surface area contributed by atoms with E-state index in [0.29, 0.717) is 25.3 Å². The summed E-state index contributed by atoms with van der Waals surface area (Å²) in [6.45, 7) is 6.92. The third kappa shape index (κ3) is 4.07. The molecule has 7 nitrogen and oxygen atoms in total. The van der Waals surface area contributed by atoms with E-state index in [9.17, 15) is 4.79 Å². The number of nitrogens with zero attached hydrogens (tertiary/aromatic N) is 5. The number of benzene rings is 2. The Morgan fingerprint density at radius 1 is 1.19 bits per heavy atom. The van der Waals surface area contributed by atoms with Crippen molar-refractivity contribution in [3.8, 4) is 5.75 Å². The number of aryl methyl sites for hydroxylation is 2. The molecule has 142 valence electrons. The third-order valence-corrected chi connectivity index (χ3v) is 4.73. The van der Waals surface area contributed by atoms with E-state index < -0.39 is 0 Å². The van der Waals surface area contributed by atoms with E-state index in [2.05, 4.69) is 21.6 Å². The first-order valence-corrected chi connectivity index (χ1v) is 9.08. The Kier molecular flexibility index (Phi) is 5.69. The van der Waals surface area contributed by atoms with Crippen molar-refractivity contribution in [2.24, 2.45) is 0 Å². The van der Waals surface area contributed by atoms with Crippen molar-refractivity contribution in [1.29, 1.82) is 0 Å². The highest BCUT2D eigenvalue weighted by molar-refractivity contribution is 5.91. The van der Waals surface area contributed by atoms with Gasteiger partial charge >= 0.3 is 0 Å². The van der Waals surface area contributed by atoms with Gasteiger partial charge in [-0.2, -0.15) is 0 Å². The highest BCUT2D eigenvalue weighted by Gasteiger charge is 2.19. The summed E-state index contributed by atoms with van der Waals surface area (Å²) in [4.78, 5) is 14.8. The van der Waals surface area contributed by atoms with Crippen LogP contribution in [0.15, 0.2) is 36.4 Å². The van der Waals surface area contributed by atoms with E-state index in [1.165, 1.54) is 0 Å². The highest BCUT2D eigenvalue weighted by Crippen LogP contribution is 2.29. The number of methoxy groups -OCH3 is 1. The molecule has 0 bridgehead atoms. The second-order valence-corrected chi connectivity index (χ2v) is 6.79. The van der Waals surface area contributed by atoms with Gasteiger partial charge in [0.1, 0.15) is 11.6 Å². The van der Waals surface area contributed by atoms with Crippen molar-refractivity contribution < 1.29 is 9.53 Å². The molecule has 1 aromatic heterocycles. The summed E-state index contributed by atoms with van der Waals surface area (Å²) in [6.07, 6.45) is 0.359. The fourth-order valence-electron chi connectivity index (χ4n) is 3.19. The number of hydrogen-bond acceptors (Lipinski definition) is 5. The number of rotatable bonds is 7. The van der Waals surface area contributed by atoms with Gasteiger partial charge in [-0.15, -0.1) is 5.10 Å². The minimum absolute atomic E-state index is 0.0831. The zero-order chi connectivity index (χ0) is 19.4. The first-order chi connectivity index (χ1) is 13.0. The molecule has 0 aliphatic rings. The number of tetrazole rings is 1. The Labute approximate surface area is 158 Å². The van der Waals surface area contributed by atoms with E-state index in [1.807, 2.05) is 56.0 Å². The number of carbonyl (C=O) groups excluding carboxylic acids is 1. The highest BCUT2D eigenvalue weighted by atomic mass is 16.5. The summed E-state index contributed by atoms with van der Waals surface area (Å²) < 4.78 is 7.12. The van der Waals surface area contributed by atoms with Gasteiger partial charge in [-0.1, -0.05) is 30.3 Å². The number of amides is 1. The van der Waals surface area contributed by atoms with Gasteiger partial charge < -0.3 is 9.64 Å². The van der Waals surface area contributed by atoms with Crippen LogP contribution in [0.4, 0.5) is 0 Å². The summed E-state index contributed by atoms with van der Waals surface area (Å²) in [7, 11) is 1.67. The van der Waals surface area contributed by atoms with E-state index >= 15 is 0 Å². The molecule has 0 saturated carbocycles. The summed E-state index contributed by atoms with van der Waals surface area (Å²) in [5, 5.41) is 13.5. The quantitative estimate of drug-likeness (QED) is 0.642. The zero-order valence-corrected chi connectivity index (χ0v) is 16.2. The lowest BCUT2D eigenvalue weighted by Crippen LogP contribution is -2.37. The maximum atomic E-state index is 12.9. The van der Waals surface area contributed by atoms with Gasteiger partial charge in [0.05, 0.1) is 13.7 Å². The lowest BCUT2D eigenvalue weighted by molar-refractivity contribution is -0.133. The summed E-state index contributed by atoms with van der Waals surface area (Å²) >= 11 is 0. The molecule has 2 aromatic carbocycles. The van der Waals surface area contributed by atoms with Crippen LogP contribution in [-0.4, -0.2) is 44.2 Å². The minimum atomic E-state index is 0.0831. The standard InChI is InChI=1S/C20H25N5O2/c1-14(2)24(20(26)11-12-25-15(3)21-22-23-25)13-16-9-10-19(27-4)18-8-6-5-7-17(16)18/h5-10,14H,11-13H2,1-4H3. The SMILES string of the molecule is COc1ccc(CN(C(=O)CCn2nnnc2C)C(C)C)c2ccccc12. The molecule has 0 atom stereocenters. The van der Waals surface area contributed by atoms with Crippen LogP contribution in [0.2, 0.25) is 0 Å². The maximum absolute atomic E-state index is 12.9. The molecule has 0 N–H and O–H groups in total. The van der Waals surface area contributed by atoms with Crippen LogP contribution < -0.4 is 4.74 Å². The first kappa shape index (κ1) is 18.8. The normalized spacial score (nSPS) is 11.1. The van der Waals surface area contributed by atoms with Crippen LogP contribution >= 0.6 is 0 Å². The van der Waals surface area contributed by atoms with Crippen LogP contribution in [0, 0.1) is 6.92 Å². The molecular weight excluding hydrogens is 342 g/mol. The lowest BCUT2D eigenvalue weighted by atomic mass is 10.0. The Bertz CT molecular complexity index is 935. The van der Waals surface area contributed by atoms with Crippen LogP contribution in [0.5, 0.6) is 5.75 Å². The van der Waals surface area contributed by atoms with Crippen LogP contribution in [0.1, 0.15) is 31.7 Å². The van der Waals surface area contributed by atoms with Crippen molar-refractivity contribution in [2.45, 2.75) is 46.3 Å². The number of hydrogen-bond donors (Lipinski definition) is 0. The van der Waals surface area contributed by atoms with Crippen molar-refractivity contribution in [1.82, 2.24) is 25.1 Å². The third-order valence-electron chi connectivity index (χ3n) is 4.73. The van der Waals surface area contributed by atoms with E-state index in [4.69, 9.17) is 4.74 Å². The Hall–Kier alpha value is -2.96. The summed E-state index contributed by atoms with van der Waals surface area (Å²) in [5.41, 5.74) is 1.10. The average molecular weight is 367 g/mol. The molecule has 3 rings (SSSR count). The number of fused-ring (bicyclic) bond motifs is 1. The number of carbonyl (C=O) groups is 1. The van der Waals surface area contributed by atoms with Crippen LogP contribution in [0.3, 0.4) is 0 Å². The predicted octanol–water partition coefficient (Wildman–Crippen LogP) is 2.97. The smallest absolute Gasteiger partial charge is 0.224 e. The Morgan fingerprint density at radius 3 is 2.56 bits per heavy atom. The summed E-state index contributed by atoms with van der Waals surface area (Å²) in [6, 6.07) is 12.2. The first-order valence-electron chi connectivity index (χ1n) is 9.08. The second kappa shape index (κ2) is 8.16. The molecule has 0 aliphatic heterocycles. The molecule has 27 heavy (non-hydrogen) atoms. The molecule has 0 aliphatic carbocycles. The minimum Gasteiger partial charge on any atom is -0.496 e. The molecule has 1 heterocycles. The zero-order valence-electron chi connectivity index (χ0n) is 16.2. The van der Waals surface area contributed by atoms with Gasteiger partial charge in [0.2, 0.25) is 5.91 Å². The van der Waals surface area contributed by atoms with Crippen LogP contribution in [0.25, 0.3) is 10.8 Å². The fourth-order valence-corrected chi connectivity index (χ4v) is 3.19. The molecule has 1 amide bonds. The van der Waals surface area contributed by atoms with Crippen molar-refractivity contribution in [3.63, 3.8) is 0 Å². The van der Waals surface area contributed by atoms with E-state index in [1.54, 1.807) is 11.8 Å². The van der Waals surface area contributed by atoms with Gasteiger partial charge in [-0.25, -0.2) is 4.68 Å². The van der Waals surface area contributed by atoms with Gasteiger partial charge in [0.25, 0.3) is 0 Å². The van der Waals surface area contributed by atoms with Gasteiger partial charge in [0.15, 0.2) is 0 Å². The predicted molar refractivity (Wildman–Crippen MR) is 103 cm³/mol. The Morgan fingerprint density at radius 2 is 1.93 bits per heavy atom. The number of ether oxygens (including phenoxy) is 1. The fraction of sp³-hybridized carbons (Fsp3) is 0.400. The molecule has 0 spiro atoms. The average Bonchev–Trinajstić information content (AvgIpc) is 3.08.